The molecule has 2 N–H and O–H groups in total. The zero-order chi connectivity index (χ0) is 14.0. The van der Waals surface area contributed by atoms with Crippen LogP contribution in [-0.4, -0.2) is 47.1 Å². The van der Waals surface area contributed by atoms with Crippen LogP contribution < -0.4 is 5.32 Å². The normalized spacial score (nSPS) is 23.2. The van der Waals surface area contributed by atoms with Gasteiger partial charge in [-0.15, -0.1) is 0 Å². The second-order valence-electron chi connectivity index (χ2n) is 4.86. The first-order chi connectivity index (χ1) is 9.00. The number of carbonyl (C=O) groups excluding carboxylic acids is 1. The van der Waals surface area contributed by atoms with Crippen molar-refractivity contribution in [3.8, 4) is 0 Å². The van der Waals surface area contributed by atoms with Crippen molar-refractivity contribution in [2.75, 3.05) is 13.1 Å². The van der Waals surface area contributed by atoms with E-state index in [4.69, 9.17) is 5.11 Å². The highest BCUT2D eigenvalue weighted by Crippen LogP contribution is 2.14. The maximum Gasteiger partial charge on any atom is 0.335 e. The fourth-order valence-corrected chi connectivity index (χ4v) is 2.26. The van der Waals surface area contributed by atoms with Crippen LogP contribution in [0.1, 0.15) is 34.6 Å². The van der Waals surface area contributed by atoms with Crippen LogP contribution in [0.25, 0.3) is 0 Å². The van der Waals surface area contributed by atoms with Crippen molar-refractivity contribution in [1.29, 1.82) is 0 Å². The molecule has 5 nitrogen and oxygen atoms in total. The average Bonchev–Trinajstić information content (AvgIpc) is 2.41. The summed E-state index contributed by atoms with van der Waals surface area (Å²) in [5.74, 6) is -1.03. The molecule has 19 heavy (non-hydrogen) atoms. The Morgan fingerprint density at radius 2 is 1.79 bits per heavy atom. The molecule has 0 spiro atoms. The van der Waals surface area contributed by atoms with Gasteiger partial charge in [0.05, 0.1) is 5.56 Å². The maximum atomic E-state index is 12.4. The number of nitrogens with zero attached hydrogens (tertiary/aromatic N) is 1. The second-order valence-corrected chi connectivity index (χ2v) is 4.86. The van der Waals surface area contributed by atoms with Crippen molar-refractivity contribution in [2.24, 2.45) is 0 Å². The smallest absolute Gasteiger partial charge is 0.335 e. The summed E-state index contributed by atoms with van der Waals surface area (Å²) in [6.45, 7) is 5.52. The number of benzene rings is 1. The Kier molecular flexibility index (Phi) is 3.85. The molecular weight excluding hydrogens is 244 g/mol. The molecule has 0 saturated carbocycles. The lowest BCUT2D eigenvalue weighted by atomic mass is 10.0. The quantitative estimate of drug-likeness (QED) is 0.840. The minimum absolute atomic E-state index is 0.0437. The number of nitrogens with one attached hydrogen (secondary N) is 1. The molecule has 2 unspecified atom stereocenters. The highest BCUT2D eigenvalue weighted by atomic mass is 16.4. The van der Waals surface area contributed by atoms with Gasteiger partial charge in [0.15, 0.2) is 0 Å². The lowest BCUT2D eigenvalue weighted by molar-refractivity contribution is 0.0601. The van der Waals surface area contributed by atoms with E-state index in [-0.39, 0.29) is 23.6 Å². The molecule has 1 aromatic carbocycles. The topological polar surface area (TPSA) is 69.6 Å². The van der Waals surface area contributed by atoms with Crippen LogP contribution in [0, 0.1) is 0 Å². The van der Waals surface area contributed by atoms with E-state index in [1.807, 2.05) is 11.8 Å². The van der Waals surface area contributed by atoms with E-state index < -0.39 is 5.97 Å². The number of rotatable bonds is 2. The SMILES string of the molecule is CC1NCCN(C(=O)c2ccc(C(=O)O)cc2)C1C. The van der Waals surface area contributed by atoms with Gasteiger partial charge < -0.3 is 15.3 Å². The van der Waals surface area contributed by atoms with Crippen LogP contribution in [0.2, 0.25) is 0 Å². The number of carboxylic acids is 1. The third-order valence-corrected chi connectivity index (χ3v) is 3.67. The number of aromatic carboxylic acids is 1. The van der Waals surface area contributed by atoms with Crippen LogP contribution in [0.3, 0.4) is 0 Å². The van der Waals surface area contributed by atoms with Crippen molar-refractivity contribution in [3.05, 3.63) is 35.4 Å². The van der Waals surface area contributed by atoms with Crippen molar-refractivity contribution >= 4 is 11.9 Å². The van der Waals surface area contributed by atoms with Crippen molar-refractivity contribution < 1.29 is 14.7 Å². The molecule has 1 aliphatic rings. The highest BCUT2D eigenvalue weighted by molar-refractivity contribution is 5.96. The van der Waals surface area contributed by atoms with Gasteiger partial charge in [0.25, 0.3) is 5.91 Å². The molecule has 1 saturated heterocycles. The van der Waals surface area contributed by atoms with Gasteiger partial charge in [-0.2, -0.15) is 0 Å². The molecule has 0 aliphatic carbocycles. The van der Waals surface area contributed by atoms with E-state index in [0.717, 1.165) is 6.54 Å². The van der Waals surface area contributed by atoms with Gasteiger partial charge in [0, 0.05) is 30.7 Å². The summed E-state index contributed by atoms with van der Waals surface area (Å²) in [6.07, 6.45) is 0. The van der Waals surface area contributed by atoms with E-state index in [9.17, 15) is 9.59 Å². The predicted octanol–water partition coefficient (Wildman–Crippen LogP) is 1.21. The van der Waals surface area contributed by atoms with Crippen LogP contribution >= 0.6 is 0 Å². The zero-order valence-corrected chi connectivity index (χ0v) is 11.1. The summed E-state index contributed by atoms with van der Waals surface area (Å²) in [7, 11) is 0. The molecule has 2 rings (SSSR count). The molecular formula is C14H18N2O3. The van der Waals surface area contributed by atoms with Gasteiger partial charge in [0.1, 0.15) is 0 Å². The van der Waals surface area contributed by atoms with Crippen molar-refractivity contribution in [3.63, 3.8) is 0 Å². The Balaban J connectivity index is 2.17. The summed E-state index contributed by atoms with van der Waals surface area (Å²) >= 11 is 0. The average molecular weight is 262 g/mol. The van der Waals surface area contributed by atoms with E-state index in [0.29, 0.717) is 12.1 Å². The predicted molar refractivity (Wildman–Crippen MR) is 71.4 cm³/mol. The Morgan fingerprint density at radius 1 is 1.21 bits per heavy atom. The monoisotopic (exact) mass is 262 g/mol. The molecule has 2 atom stereocenters. The van der Waals surface area contributed by atoms with Gasteiger partial charge >= 0.3 is 5.97 Å². The van der Waals surface area contributed by atoms with Gasteiger partial charge in [-0.05, 0) is 38.1 Å². The molecule has 0 aromatic heterocycles. The highest BCUT2D eigenvalue weighted by Gasteiger charge is 2.28. The third kappa shape index (κ3) is 2.76. The molecule has 1 heterocycles. The van der Waals surface area contributed by atoms with Crippen molar-refractivity contribution in [2.45, 2.75) is 25.9 Å². The van der Waals surface area contributed by atoms with E-state index in [1.54, 1.807) is 12.1 Å². The van der Waals surface area contributed by atoms with Gasteiger partial charge in [-0.3, -0.25) is 4.79 Å². The summed E-state index contributed by atoms with van der Waals surface area (Å²) in [5, 5.41) is 12.2. The largest absolute Gasteiger partial charge is 0.478 e. The fourth-order valence-electron chi connectivity index (χ4n) is 2.26. The number of hydrogen-bond donors (Lipinski definition) is 2. The second kappa shape index (κ2) is 5.40. The molecule has 1 aromatic rings. The molecule has 0 radical (unpaired) electrons. The molecule has 1 amide bonds. The molecule has 1 aliphatic heterocycles. The van der Waals surface area contributed by atoms with Crippen LogP contribution in [-0.2, 0) is 0 Å². The standard InChI is InChI=1S/C14H18N2O3/c1-9-10(2)16(8-7-15-9)13(17)11-3-5-12(6-4-11)14(18)19/h3-6,9-10,15H,7-8H2,1-2H3,(H,18,19). The van der Waals surface area contributed by atoms with Gasteiger partial charge in [-0.25, -0.2) is 4.79 Å². The number of carboxylic acid groups (broad SMARTS) is 1. The molecule has 1 fully saturated rings. The van der Waals surface area contributed by atoms with Gasteiger partial charge in [-0.1, -0.05) is 0 Å². The number of hydrogen-bond acceptors (Lipinski definition) is 3. The van der Waals surface area contributed by atoms with E-state index >= 15 is 0 Å². The summed E-state index contributed by atoms with van der Waals surface area (Å²) < 4.78 is 0. The summed E-state index contributed by atoms with van der Waals surface area (Å²) in [6, 6.07) is 6.46. The van der Waals surface area contributed by atoms with Crippen LogP contribution in [0.15, 0.2) is 24.3 Å². The molecule has 0 bridgehead atoms. The van der Waals surface area contributed by atoms with E-state index in [1.165, 1.54) is 12.1 Å². The minimum Gasteiger partial charge on any atom is -0.478 e. The van der Waals surface area contributed by atoms with E-state index in [2.05, 4.69) is 12.2 Å². The zero-order valence-electron chi connectivity index (χ0n) is 11.1. The van der Waals surface area contributed by atoms with Gasteiger partial charge in [0.2, 0.25) is 0 Å². The Bertz CT molecular complexity index is 484. The first-order valence-electron chi connectivity index (χ1n) is 6.38. The first-order valence-corrected chi connectivity index (χ1v) is 6.38. The number of amides is 1. The molecule has 102 valence electrons. The first kappa shape index (κ1) is 13.5. The lowest BCUT2D eigenvalue weighted by Crippen LogP contribution is -2.57. The maximum absolute atomic E-state index is 12.4. The molecule has 5 heteroatoms. The Morgan fingerprint density at radius 3 is 2.37 bits per heavy atom. The Hall–Kier alpha value is -1.88. The summed E-state index contributed by atoms with van der Waals surface area (Å²) in [5.41, 5.74) is 0.726. The van der Waals surface area contributed by atoms with Crippen molar-refractivity contribution in [1.82, 2.24) is 10.2 Å². The van der Waals surface area contributed by atoms with Crippen LogP contribution in [0.4, 0.5) is 0 Å². The number of piperazine rings is 1. The summed E-state index contributed by atoms with van der Waals surface area (Å²) in [4.78, 5) is 25.0. The minimum atomic E-state index is -0.983. The van der Waals surface area contributed by atoms with Crippen LogP contribution in [0.5, 0.6) is 0 Å². The lowest BCUT2D eigenvalue weighted by Gasteiger charge is -2.38. The fraction of sp³-hybridized carbons (Fsp3) is 0.429. The number of carbonyl (C=O) groups is 2. The third-order valence-electron chi connectivity index (χ3n) is 3.67. The Labute approximate surface area is 112 Å².